The van der Waals surface area contributed by atoms with Crippen LogP contribution in [0.3, 0.4) is 0 Å². The highest BCUT2D eigenvalue weighted by Gasteiger charge is 2.31. The highest BCUT2D eigenvalue weighted by molar-refractivity contribution is 7.80. The Labute approximate surface area is 124 Å². The van der Waals surface area contributed by atoms with Gasteiger partial charge in [0.2, 0.25) is 0 Å². The van der Waals surface area contributed by atoms with Gasteiger partial charge in [-0.3, -0.25) is 14.4 Å². The van der Waals surface area contributed by atoms with Crippen LogP contribution in [0.4, 0.5) is 0 Å². The van der Waals surface area contributed by atoms with Crippen molar-refractivity contribution < 1.29 is 4.79 Å². The number of nitrogens with one attached hydrogen (secondary N) is 1. The number of nitrogens with zero attached hydrogens (tertiary/aromatic N) is 3. The van der Waals surface area contributed by atoms with Crippen LogP contribution in [0.25, 0.3) is 6.08 Å². The molecule has 6 heteroatoms. The molecule has 1 saturated heterocycles. The molecule has 1 fully saturated rings. The maximum absolute atomic E-state index is 12.3. The zero-order valence-electron chi connectivity index (χ0n) is 12.3. The summed E-state index contributed by atoms with van der Waals surface area (Å²) in [4.78, 5) is 13.9. The van der Waals surface area contributed by atoms with E-state index in [-0.39, 0.29) is 5.91 Å². The Bertz CT molecular complexity index is 574. The molecule has 1 N–H and O–H groups in total. The summed E-state index contributed by atoms with van der Waals surface area (Å²) >= 11 is 5.22. The lowest BCUT2D eigenvalue weighted by molar-refractivity contribution is -0.122. The average molecular weight is 292 g/mol. The summed E-state index contributed by atoms with van der Waals surface area (Å²) in [5.41, 5.74) is 2.51. The van der Waals surface area contributed by atoms with E-state index in [4.69, 9.17) is 12.2 Å². The second-order valence-corrected chi connectivity index (χ2v) is 5.69. The SMILES string of the molecule is CCn1ncc(/C=C2/NC(=S)N(CC(C)C)C2=O)c1C. The van der Waals surface area contributed by atoms with Crippen molar-refractivity contribution in [2.24, 2.45) is 5.92 Å². The van der Waals surface area contributed by atoms with Gasteiger partial charge < -0.3 is 5.32 Å². The Morgan fingerprint density at radius 2 is 2.20 bits per heavy atom. The van der Waals surface area contributed by atoms with Crippen molar-refractivity contribution in [2.75, 3.05) is 6.54 Å². The van der Waals surface area contributed by atoms with Gasteiger partial charge >= 0.3 is 0 Å². The third-order valence-electron chi connectivity index (χ3n) is 3.25. The van der Waals surface area contributed by atoms with Gasteiger partial charge in [-0.05, 0) is 38.1 Å². The number of aryl methyl sites for hydroxylation is 1. The Morgan fingerprint density at radius 3 is 2.75 bits per heavy atom. The molecule has 1 aromatic rings. The smallest absolute Gasteiger partial charge is 0.276 e. The minimum atomic E-state index is -0.0626. The second kappa shape index (κ2) is 5.75. The monoisotopic (exact) mass is 292 g/mol. The standard InChI is InChI=1S/C14H20N4OS/c1-5-18-10(4)11(7-15-18)6-12-13(19)17(8-9(2)3)14(20)16-12/h6-7,9H,5,8H2,1-4H3,(H,16,20)/b12-6+. The van der Waals surface area contributed by atoms with Crippen LogP contribution in [0.2, 0.25) is 0 Å². The topological polar surface area (TPSA) is 50.2 Å². The van der Waals surface area contributed by atoms with Crippen LogP contribution in [0, 0.1) is 12.8 Å². The van der Waals surface area contributed by atoms with Crippen molar-refractivity contribution in [3.05, 3.63) is 23.2 Å². The summed E-state index contributed by atoms with van der Waals surface area (Å²) in [6.45, 7) is 9.60. The van der Waals surface area contributed by atoms with E-state index >= 15 is 0 Å². The summed E-state index contributed by atoms with van der Waals surface area (Å²) in [5.74, 6) is 0.315. The van der Waals surface area contributed by atoms with Gasteiger partial charge in [-0.2, -0.15) is 5.10 Å². The lowest BCUT2D eigenvalue weighted by atomic mass is 10.2. The maximum Gasteiger partial charge on any atom is 0.276 e. The number of hydrogen-bond acceptors (Lipinski definition) is 3. The van der Waals surface area contributed by atoms with Crippen LogP contribution < -0.4 is 5.32 Å². The molecule has 0 spiro atoms. The van der Waals surface area contributed by atoms with E-state index in [0.717, 1.165) is 17.8 Å². The van der Waals surface area contributed by atoms with Crippen molar-refractivity contribution in [1.29, 1.82) is 0 Å². The van der Waals surface area contributed by atoms with Gasteiger partial charge in [0.25, 0.3) is 5.91 Å². The fraction of sp³-hybridized carbons (Fsp3) is 0.500. The van der Waals surface area contributed by atoms with E-state index in [0.29, 0.717) is 23.3 Å². The van der Waals surface area contributed by atoms with Crippen molar-refractivity contribution in [3.8, 4) is 0 Å². The molecule has 0 saturated carbocycles. The predicted molar refractivity (Wildman–Crippen MR) is 82.9 cm³/mol. The largest absolute Gasteiger partial charge is 0.328 e. The number of carbonyl (C=O) groups is 1. The molecule has 0 bridgehead atoms. The van der Waals surface area contributed by atoms with E-state index in [2.05, 4.69) is 24.3 Å². The molecule has 108 valence electrons. The Hall–Kier alpha value is -1.69. The zero-order valence-corrected chi connectivity index (χ0v) is 13.1. The third kappa shape index (κ3) is 2.75. The van der Waals surface area contributed by atoms with Crippen molar-refractivity contribution in [3.63, 3.8) is 0 Å². The Kier molecular flexibility index (Phi) is 4.23. The van der Waals surface area contributed by atoms with Crippen LogP contribution in [0.15, 0.2) is 11.9 Å². The average Bonchev–Trinajstić information content (AvgIpc) is 2.86. The second-order valence-electron chi connectivity index (χ2n) is 5.30. The molecule has 20 heavy (non-hydrogen) atoms. The van der Waals surface area contributed by atoms with Gasteiger partial charge in [-0.1, -0.05) is 13.8 Å². The van der Waals surface area contributed by atoms with Crippen LogP contribution >= 0.6 is 12.2 Å². The van der Waals surface area contributed by atoms with Crippen molar-refractivity contribution in [1.82, 2.24) is 20.0 Å². The first-order chi connectivity index (χ1) is 9.43. The normalized spacial score (nSPS) is 17.4. The Balaban J connectivity index is 2.25. The third-order valence-corrected chi connectivity index (χ3v) is 3.57. The van der Waals surface area contributed by atoms with Crippen LogP contribution in [-0.4, -0.2) is 32.2 Å². The van der Waals surface area contributed by atoms with Crippen LogP contribution in [-0.2, 0) is 11.3 Å². The van der Waals surface area contributed by atoms with Gasteiger partial charge in [0.05, 0.1) is 6.20 Å². The molecule has 0 aromatic carbocycles. The molecule has 0 unspecified atom stereocenters. The summed E-state index contributed by atoms with van der Waals surface area (Å²) in [7, 11) is 0. The number of thiocarbonyl (C=S) groups is 1. The van der Waals surface area contributed by atoms with Crippen molar-refractivity contribution >= 4 is 29.3 Å². The number of carbonyl (C=O) groups excluding carboxylic acids is 1. The summed E-state index contributed by atoms with van der Waals surface area (Å²) in [5, 5.41) is 7.75. The van der Waals surface area contributed by atoms with Crippen molar-refractivity contribution in [2.45, 2.75) is 34.2 Å². The van der Waals surface area contributed by atoms with E-state index < -0.39 is 0 Å². The lowest BCUT2D eigenvalue weighted by Gasteiger charge is -2.15. The fourth-order valence-electron chi connectivity index (χ4n) is 2.18. The van der Waals surface area contributed by atoms with Gasteiger partial charge in [0, 0.05) is 24.3 Å². The van der Waals surface area contributed by atoms with E-state index in [1.54, 1.807) is 11.1 Å². The predicted octanol–water partition coefficient (Wildman–Crippen LogP) is 1.93. The van der Waals surface area contributed by atoms with Gasteiger partial charge in [-0.15, -0.1) is 0 Å². The van der Waals surface area contributed by atoms with E-state index in [9.17, 15) is 4.79 Å². The molecule has 1 aliphatic heterocycles. The first-order valence-electron chi connectivity index (χ1n) is 6.81. The molecular weight excluding hydrogens is 272 g/mol. The molecule has 1 aromatic heterocycles. The molecule has 2 rings (SSSR count). The zero-order chi connectivity index (χ0) is 14.9. The molecule has 0 atom stereocenters. The first kappa shape index (κ1) is 14.7. The minimum Gasteiger partial charge on any atom is -0.328 e. The van der Waals surface area contributed by atoms with Gasteiger partial charge in [0.15, 0.2) is 5.11 Å². The molecule has 1 aliphatic rings. The number of hydrogen-bond donors (Lipinski definition) is 1. The molecule has 5 nitrogen and oxygen atoms in total. The molecule has 0 aliphatic carbocycles. The number of amides is 1. The van der Waals surface area contributed by atoms with Crippen LogP contribution in [0.5, 0.6) is 0 Å². The summed E-state index contributed by atoms with van der Waals surface area (Å²) in [6, 6.07) is 0. The van der Waals surface area contributed by atoms with Gasteiger partial charge in [0.1, 0.15) is 5.70 Å². The Morgan fingerprint density at radius 1 is 1.50 bits per heavy atom. The minimum absolute atomic E-state index is 0.0626. The van der Waals surface area contributed by atoms with E-state index in [1.807, 2.05) is 24.6 Å². The number of aromatic nitrogens is 2. The molecular formula is C14H20N4OS. The highest BCUT2D eigenvalue weighted by Crippen LogP contribution is 2.17. The summed E-state index contributed by atoms with van der Waals surface area (Å²) in [6.07, 6.45) is 3.60. The van der Waals surface area contributed by atoms with Gasteiger partial charge in [-0.25, -0.2) is 0 Å². The maximum atomic E-state index is 12.3. The molecule has 0 radical (unpaired) electrons. The molecule has 2 heterocycles. The lowest BCUT2D eigenvalue weighted by Crippen LogP contribution is -2.33. The first-order valence-corrected chi connectivity index (χ1v) is 7.21. The van der Waals surface area contributed by atoms with E-state index in [1.165, 1.54) is 0 Å². The quantitative estimate of drug-likeness (QED) is 0.680. The highest BCUT2D eigenvalue weighted by atomic mass is 32.1. The van der Waals surface area contributed by atoms with Crippen LogP contribution in [0.1, 0.15) is 32.0 Å². The fourth-order valence-corrected chi connectivity index (χ4v) is 2.45. The molecule has 1 amide bonds. The number of rotatable bonds is 4. The summed E-state index contributed by atoms with van der Waals surface area (Å²) < 4.78 is 1.90.